The van der Waals surface area contributed by atoms with Gasteiger partial charge in [0.15, 0.2) is 0 Å². The summed E-state index contributed by atoms with van der Waals surface area (Å²) in [5.41, 5.74) is 1.92. The minimum atomic E-state index is -1.10. The van der Waals surface area contributed by atoms with E-state index in [0.29, 0.717) is 27.5 Å². The predicted molar refractivity (Wildman–Crippen MR) is 159 cm³/mol. The Morgan fingerprint density at radius 1 is 1.02 bits per heavy atom. The molecule has 213 valence electrons. The first kappa shape index (κ1) is 29.6. The van der Waals surface area contributed by atoms with Gasteiger partial charge in [0, 0.05) is 0 Å². The number of hydrogen-bond donors (Lipinski definition) is 1. The summed E-state index contributed by atoms with van der Waals surface area (Å²) in [5, 5.41) is 9.99. The van der Waals surface area contributed by atoms with Crippen molar-refractivity contribution in [3.05, 3.63) is 60.3 Å². The molecule has 40 heavy (non-hydrogen) atoms. The molecule has 11 heteroatoms. The van der Waals surface area contributed by atoms with Gasteiger partial charge in [0.25, 0.3) is 0 Å². The SMILES string of the molecule is COc1ccc(OC)c(CN(C(=O)O)c2ccnc([As]c3ccc(N4CCN(CCCN(C)C)CC4)cc3)n2)c1. The fraction of sp³-hybridized carbons (Fsp3) is 0.414. The van der Waals surface area contributed by atoms with Crippen molar-refractivity contribution < 1.29 is 19.4 Å². The van der Waals surface area contributed by atoms with Crippen molar-refractivity contribution in [3.63, 3.8) is 0 Å². The number of benzene rings is 2. The summed E-state index contributed by atoms with van der Waals surface area (Å²) in [6, 6.07) is 15.6. The Labute approximate surface area is 243 Å². The van der Waals surface area contributed by atoms with Crippen molar-refractivity contribution in [2.75, 3.05) is 77.4 Å². The molecule has 0 bridgehead atoms. The summed E-state index contributed by atoms with van der Waals surface area (Å²) in [7, 11) is 7.38. The molecule has 1 aliphatic heterocycles. The van der Waals surface area contributed by atoms with Crippen LogP contribution in [0.5, 0.6) is 11.5 Å². The maximum absolute atomic E-state index is 12.2. The number of amides is 1. The minimum absolute atomic E-state index is 0.0697. The van der Waals surface area contributed by atoms with Gasteiger partial charge in [-0.2, -0.15) is 0 Å². The van der Waals surface area contributed by atoms with Gasteiger partial charge < -0.3 is 0 Å². The van der Waals surface area contributed by atoms with Gasteiger partial charge in [-0.15, -0.1) is 0 Å². The van der Waals surface area contributed by atoms with Gasteiger partial charge in [0.2, 0.25) is 0 Å². The number of hydrogen-bond acceptors (Lipinski definition) is 8. The monoisotopic (exact) mass is 609 g/mol. The summed E-state index contributed by atoms with van der Waals surface area (Å²) < 4.78 is 12.6. The Morgan fingerprint density at radius 3 is 2.42 bits per heavy atom. The number of anilines is 2. The van der Waals surface area contributed by atoms with Gasteiger partial charge in [-0.1, -0.05) is 0 Å². The quantitative estimate of drug-likeness (QED) is 0.309. The second-order valence-corrected chi connectivity index (χ2v) is 12.3. The van der Waals surface area contributed by atoms with Crippen molar-refractivity contribution in [2.45, 2.75) is 13.0 Å². The molecule has 1 radical (unpaired) electrons. The maximum atomic E-state index is 12.2. The van der Waals surface area contributed by atoms with E-state index in [4.69, 9.17) is 9.47 Å². The van der Waals surface area contributed by atoms with Gasteiger partial charge >= 0.3 is 230 Å². The molecular weight excluding hydrogens is 571 g/mol. The van der Waals surface area contributed by atoms with Gasteiger partial charge in [-0.3, -0.25) is 0 Å². The van der Waals surface area contributed by atoms with E-state index >= 15 is 0 Å². The molecular formula is C29H38AsN6O4. The van der Waals surface area contributed by atoms with E-state index in [1.807, 2.05) is 0 Å². The topological polar surface area (TPSA) is 94.5 Å². The molecule has 4 rings (SSSR count). The fourth-order valence-electron chi connectivity index (χ4n) is 4.66. The second kappa shape index (κ2) is 14.3. The molecule has 1 aliphatic rings. The zero-order valence-corrected chi connectivity index (χ0v) is 25.5. The third-order valence-electron chi connectivity index (χ3n) is 6.85. The van der Waals surface area contributed by atoms with E-state index in [9.17, 15) is 9.90 Å². The zero-order chi connectivity index (χ0) is 28.5. The van der Waals surface area contributed by atoms with E-state index in [1.165, 1.54) is 17.0 Å². The Balaban J connectivity index is 1.38. The van der Waals surface area contributed by atoms with Crippen LogP contribution in [0.1, 0.15) is 12.0 Å². The molecule has 1 saturated heterocycles. The number of aromatic nitrogens is 2. The van der Waals surface area contributed by atoms with Crippen LogP contribution in [-0.2, 0) is 6.54 Å². The van der Waals surface area contributed by atoms with Crippen molar-refractivity contribution in [2.24, 2.45) is 0 Å². The first-order valence-electron chi connectivity index (χ1n) is 13.3. The van der Waals surface area contributed by atoms with Crippen molar-refractivity contribution in [3.8, 4) is 11.5 Å². The Hall–Kier alpha value is -3.33. The number of rotatable bonds is 12. The first-order valence-corrected chi connectivity index (χ1v) is 15.2. The molecule has 2 heterocycles. The number of carboxylic acid groups (broad SMARTS) is 1. The summed E-state index contributed by atoms with van der Waals surface area (Å²) in [6.45, 7) is 6.59. The van der Waals surface area contributed by atoms with Crippen LogP contribution in [0.15, 0.2) is 54.7 Å². The van der Waals surface area contributed by atoms with Crippen molar-refractivity contribution in [1.82, 2.24) is 19.8 Å². The van der Waals surface area contributed by atoms with E-state index in [1.54, 1.807) is 44.7 Å². The molecule has 10 nitrogen and oxygen atoms in total. The Bertz CT molecular complexity index is 1250. The van der Waals surface area contributed by atoms with E-state index in [2.05, 4.69) is 63.0 Å². The number of ether oxygens (including phenoxy) is 2. The van der Waals surface area contributed by atoms with Crippen LogP contribution in [0.3, 0.4) is 0 Å². The first-order chi connectivity index (χ1) is 19.4. The molecule has 0 saturated carbocycles. The van der Waals surface area contributed by atoms with Gasteiger partial charge in [-0.05, 0) is 14.1 Å². The van der Waals surface area contributed by atoms with Crippen LogP contribution in [0.2, 0.25) is 0 Å². The number of piperazine rings is 1. The van der Waals surface area contributed by atoms with Crippen LogP contribution < -0.4 is 28.2 Å². The molecule has 0 aliphatic carbocycles. The average Bonchev–Trinajstić information content (AvgIpc) is 2.96. The Kier molecular flexibility index (Phi) is 10.6. The molecule has 1 fully saturated rings. The van der Waals surface area contributed by atoms with Crippen LogP contribution in [0.4, 0.5) is 16.3 Å². The molecule has 1 N–H and O–H groups in total. The number of methoxy groups -OCH3 is 2. The standard InChI is InChI=1S/C29H38AsN6O4/c1-33(2)14-5-15-34-16-18-35(19-17-34)24-8-6-23(7-9-24)30-28-31-13-12-27(32-28)36(29(37)38)21-22-20-25(39-3)10-11-26(22)40-4/h6-13,20H,5,14-19,21H2,1-4H3,(H,37,38). The van der Waals surface area contributed by atoms with Crippen LogP contribution >= 0.6 is 0 Å². The molecule has 1 aromatic heterocycles. The second-order valence-electron chi connectivity index (χ2n) is 9.88. The summed E-state index contributed by atoms with van der Waals surface area (Å²) in [4.78, 5) is 29.7. The molecule has 3 aromatic rings. The predicted octanol–water partition coefficient (Wildman–Crippen LogP) is 1.91. The normalized spacial score (nSPS) is 14.2. The van der Waals surface area contributed by atoms with Crippen LogP contribution in [0.25, 0.3) is 0 Å². The summed E-state index contributed by atoms with van der Waals surface area (Å²) in [6.07, 6.45) is 1.72. The Morgan fingerprint density at radius 2 is 1.77 bits per heavy atom. The molecule has 0 unspecified atom stereocenters. The van der Waals surface area contributed by atoms with E-state index < -0.39 is 21.8 Å². The average molecular weight is 610 g/mol. The van der Waals surface area contributed by atoms with Crippen molar-refractivity contribution in [1.29, 1.82) is 0 Å². The summed E-state index contributed by atoms with van der Waals surface area (Å²) >= 11 is -0.506. The zero-order valence-electron chi connectivity index (χ0n) is 23.7. The summed E-state index contributed by atoms with van der Waals surface area (Å²) in [5.74, 6) is 1.54. The van der Waals surface area contributed by atoms with E-state index in [0.717, 1.165) is 43.6 Å². The van der Waals surface area contributed by atoms with Gasteiger partial charge in [0.05, 0.1) is 0 Å². The van der Waals surface area contributed by atoms with Crippen molar-refractivity contribution >= 4 is 42.3 Å². The van der Waals surface area contributed by atoms with Crippen LogP contribution in [0, 0.1) is 0 Å². The molecule has 2 aromatic carbocycles. The molecule has 0 spiro atoms. The van der Waals surface area contributed by atoms with E-state index in [-0.39, 0.29) is 6.54 Å². The number of nitrogens with zero attached hydrogens (tertiary/aromatic N) is 6. The molecule has 1 amide bonds. The third-order valence-corrected chi connectivity index (χ3v) is 8.89. The number of carbonyl (C=O) groups is 1. The third kappa shape index (κ3) is 8.10. The van der Waals surface area contributed by atoms with Crippen LogP contribution in [-0.4, -0.2) is 114 Å². The molecule has 0 atom stereocenters. The van der Waals surface area contributed by atoms with Gasteiger partial charge in [0.1, 0.15) is 0 Å². The van der Waals surface area contributed by atoms with Gasteiger partial charge in [-0.25, -0.2) is 0 Å². The fourth-order valence-corrected chi connectivity index (χ4v) is 6.35.